The molecule has 0 saturated carbocycles. The van der Waals surface area contributed by atoms with Crippen molar-refractivity contribution < 1.29 is 4.79 Å². The molecule has 0 saturated heterocycles. The predicted molar refractivity (Wildman–Crippen MR) is 84.2 cm³/mol. The Morgan fingerprint density at radius 2 is 1.95 bits per heavy atom. The maximum absolute atomic E-state index is 11.2. The number of nitrogens with one attached hydrogen (secondary N) is 1. The molecule has 0 aliphatic rings. The first-order chi connectivity index (χ1) is 9.20. The minimum absolute atomic E-state index is 0. The molecule has 1 amide bonds. The second-order valence-electron chi connectivity index (χ2n) is 4.29. The maximum Gasteiger partial charge on any atom is 0.235 e. The lowest BCUT2D eigenvalue weighted by molar-refractivity contribution is -0.119. The number of halogens is 2. The van der Waals surface area contributed by atoms with Crippen LogP contribution >= 0.6 is 24.0 Å². The van der Waals surface area contributed by atoms with E-state index in [9.17, 15) is 4.79 Å². The van der Waals surface area contributed by atoms with Crippen LogP contribution in [0.25, 0.3) is 11.1 Å². The highest BCUT2D eigenvalue weighted by Crippen LogP contribution is 2.21. The van der Waals surface area contributed by atoms with Crippen molar-refractivity contribution >= 4 is 29.9 Å². The van der Waals surface area contributed by atoms with Gasteiger partial charge >= 0.3 is 0 Å². The standard InChI is InChI=1S/C15H15ClN2O.ClH/c1-11(18-15(19)9-16)12-4-6-13(7-5-12)14-3-2-8-17-10-14;/h2-8,10-11H,9H2,1H3,(H,18,19);1H. The van der Waals surface area contributed by atoms with Crippen LogP contribution in [0.2, 0.25) is 0 Å². The maximum atomic E-state index is 11.2. The monoisotopic (exact) mass is 310 g/mol. The molecule has 1 aromatic carbocycles. The zero-order chi connectivity index (χ0) is 13.7. The van der Waals surface area contributed by atoms with Crippen LogP contribution < -0.4 is 5.32 Å². The number of aromatic nitrogens is 1. The van der Waals surface area contributed by atoms with Gasteiger partial charge in [0.15, 0.2) is 0 Å². The number of carbonyl (C=O) groups excluding carboxylic acids is 1. The molecule has 3 nitrogen and oxygen atoms in total. The van der Waals surface area contributed by atoms with Crippen molar-refractivity contribution in [2.45, 2.75) is 13.0 Å². The molecular weight excluding hydrogens is 295 g/mol. The molecule has 0 spiro atoms. The van der Waals surface area contributed by atoms with Crippen molar-refractivity contribution in [2.24, 2.45) is 0 Å². The second-order valence-corrected chi connectivity index (χ2v) is 4.55. The van der Waals surface area contributed by atoms with E-state index < -0.39 is 0 Å². The van der Waals surface area contributed by atoms with E-state index in [0.717, 1.165) is 16.7 Å². The van der Waals surface area contributed by atoms with Crippen LogP contribution in [-0.4, -0.2) is 16.8 Å². The lowest BCUT2D eigenvalue weighted by Crippen LogP contribution is -2.27. The van der Waals surface area contributed by atoms with Crippen molar-refractivity contribution in [2.75, 3.05) is 5.88 Å². The molecule has 5 heteroatoms. The summed E-state index contributed by atoms with van der Waals surface area (Å²) in [6.07, 6.45) is 3.58. The van der Waals surface area contributed by atoms with Gasteiger partial charge in [-0.15, -0.1) is 24.0 Å². The van der Waals surface area contributed by atoms with Gasteiger partial charge in [0.1, 0.15) is 5.88 Å². The zero-order valence-electron chi connectivity index (χ0n) is 11.0. The van der Waals surface area contributed by atoms with E-state index in [4.69, 9.17) is 11.6 Å². The Bertz CT molecular complexity index is 544. The summed E-state index contributed by atoms with van der Waals surface area (Å²) < 4.78 is 0. The number of nitrogens with zero attached hydrogens (tertiary/aromatic N) is 1. The lowest BCUT2D eigenvalue weighted by atomic mass is 10.0. The Kier molecular flexibility index (Phi) is 6.49. The Hall–Kier alpha value is -1.58. The summed E-state index contributed by atoms with van der Waals surface area (Å²) in [5.41, 5.74) is 3.23. The first-order valence-electron chi connectivity index (χ1n) is 6.06. The number of carbonyl (C=O) groups is 1. The highest BCUT2D eigenvalue weighted by molar-refractivity contribution is 6.27. The highest BCUT2D eigenvalue weighted by Gasteiger charge is 2.08. The van der Waals surface area contributed by atoms with E-state index in [1.807, 2.05) is 49.5 Å². The fourth-order valence-electron chi connectivity index (χ4n) is 1.86. The molecule has 0 aliphatic carbocycles. The van der Waals surface area contributed by atoms with Crippen LogP contribution in [-0.2, 0) is 4.79 Å². The fraction of sp³-hybridized carbons (Fsp3) is 0.200. The summed E-state index contributed by atoms with van der Waals surface area (Å²) in [6, 6.07) is 11.9. The molecule has 106 valence electrons. The van der Waals surface area contributed by atoms with Gasteiger partial charge in [0.2, 0.25) is 5.91 Å². The number of hydrogen-bond acceptors (Lipinski definition) is 2. The Labute approximate surface area is 129 Å². The lowest BCUT2D eigenvalue weighted by Gasteiger charge is -2.14. The van der Waals surface area contributed by atoms with Crippen LogP contribution in [0.3, 0.4) is 0 Å². The smallest absolute Gasteiger partial charge is 0.235 e. The van der Waals surface area contributed by atoms with Gasteiger partial charge in [0.05, 0.1) is 6.04 Å². The minimum Gasteiger partial charge on any atom is -0.349 e. The van der Waals surface area contributed by atoms with Crippen molar-refractivity contribution in [3.05, 3.63) is 54.4 Å². The molecule has 20 heavy (non-hydrogen) atoms. The Morgan fingerprint density at radius 1 is 1.25 bits per heavy atom. The highest BCUT2D eigenvalue weighted by atomic mass is 35.5. The number of rotatable bonds is 4. The van der Waals surface area contributed by atoms with Gasteiger partial charge in [-0.3, -0.25) is 9.78 Å². The van der Waals surface area contributed by atoms with Crippen LogP contribution in [0.1, 0.15) is 18.5 Å². The van der Waals surface area contributed by atoms with Crippen LogP contribution in [0.15, 0.2) is 48.8 Å². The molecule has 2 rings (SSSR count). The molecule has 2 aromatic rings. The van der Waals surface area contributed by atoms with Crippen molar-refractivity contribution in [3.63, 3.8) is 0 Å². The number of benzene rings is 1. The van der Waals surface area contributed by atoms with E-state index in [1.165, 1.54) is 0 Å². The van der Waals surface area contributed by atoms with Gasteiger partial charge in [0.25, 0.3) is 0 Å². The third-order valence-electron chi connectivity index (χ3n) is 2.90. The average molecular weight is 311 g/mol. The van der Waals surface area contributed by atoms with Crippen molar-refractivity contribution in [1.29, 1.82) is 0 Å². The summed E-state index contributed by atoms with van der Waals surface area (Å²) in [5, 5.41) is 2.82. The van der Waals surface area contributed by atoms with Gasteiger partial charge in [0, 0.05) is 12.4 Å². The van der Waals surface area contributed by atoms with Gasteiger partial charge in [-0.1, -0.05) is 30.3 Å². The normalized spacial score (nSPS) is 11.3. The number of pyridine rings is 1. The largest absolute Gasteiger partial charge is 0.349 e. The van der Waals surface area contributed by atoms with Crippen molar-refractivity contribution in [3.8, 4) is 11.1 Å². The molecule has 1 aromatic heterocycles. The number of amides is 1. The number of hydrogen-bond donors (Lipinski definition) is 1. The molecule has 0 aliphatic heterocycles. The van der Waals surface area contributed by atoms with Gasteiger partial charge in [-0.2, -0.15) is 0 Å². The van der Waals surface area contributed by atoms with Crippen LogP contribution in [0.4, 0.5) is 0 Å². The predicted octanol–water partition coefficient (Wildman–Crippen LogP) is 3.59. The first kappa shape index (κ1) is 16.5. The number of alkyl halides is 1. The first-order valence-corrected chi connectivity index (χ1v) is 6.60. The van der Waals surface area contributed by atoms with E-state index in [0.29, 0.717) is 0 Å². The Morgan fingerprint density at radius 3 is 2.50 bits per heavy atom. The van der Waals surface area contributed by atoms with E-state index in [2.05, 4.69) is 10.3 Å². The third-order valence-corrected chi connectivity index (χ3v) is 3.15. The molecule has 0 fully saturated rings. The molecule has 1 heterocycles. The van der Waals surface area contributed by atoms with Crippen molar-refractivity contribution in [1.82, 2.24) is 10.3 Å². The topological polar surface area (TPSA) is 42.0 Å². The SMILES string of the molecule is CC(NC(=O)CCl)c1ccc(-c2cccnc2)cc1.Cl. The molecule has 0 bridgehead atoms. The summed E-state index contributed by atoms with van der Waals surface area (Å²) in [6.45, 7) is 1.93. The summed E-state index contributed by atoms with van der Waals surface area (Å²) in [7, 11) is 0. The van der Waals surface area contributed by atoms with Crippen LogP contribution in [0.5, 0.6) is 0 Å². The van der Waals surface area contributed by atoms with Gasteiger partial charge in [-0.05, 0) is 29.7 Å². The van der Waals surface area contributed by atoms with E-state index in [-0.39, 0.29) is 30.2 Å². The van der Waals surface area contributed by atoms with Crippen LogP contribution in [0, 0.1) is 0 Å². The van der Waals surface area contributed by atoms with E-state index in [1.54, 1.807) is 6.20 Å². The molecule has 0 radical (unpaired) electrons. The summed E-state index contributed by atoms with van der Waals surface area (Å²) in [5.74, 6) is -0.177. The average Bonchev–Trinajstić information content (AvgIpc) is 2.48. The Balaban J connectivity index is 0.00000200. The summed E-state index contributed by atoms with van der Waals surface area (Å²) >= 11 is 5.47. The summed E-state index contributed by atoms with van der Waals surface area (Å²) in [4.78, 5) is 15.3. The zero-order valence-corrected chi connectivity index (χ0v) is 12.6. The van der Waals surface area contributed by atoms with Gasteiger partial charge < -0.3 is 5.32 Å². The molecular formula is C15H16Cl2N2O. The minimum atomic E-state index is -0.162. The molecule has 1 N–H and O–H groups in total. The molecule has 1 unspecified atom stereocenters. The fourth-order valence-corrected chi connectivity index (χ4v) is 1.94. The molecule has 1 atom stereocenters. The quantitative estimate of drug-likeness (QED) is 0.877. The van der Waals surface area contributed by atoms with Gasteiger partial charge in [-0.25, -0.2) is 0 Å². The second kappa shape index (κ2) is 7.88. The third kappa shape index (κ3) is 4.22. The van der Waals surface area contributed by atoms with E-state index >= 15 is 0 Å².